The maximum atomic E-state index is 13.2. The quantitative estimate of drug-likeness (QED) is 0.815. The lowest BCUT2D eigenvalue weighted by molar-refractivity contribution is -0.137. The first-order chi connectivity index (χ1) is 11.4. The van der Waals surface area contributed by atoms with E-state index in [2.05, 4.69) is 4.31 Å². The van der Waals surface area contributed by atoms with Crippen LogP contribution in [0.15, 0.2) is 17.0 Å². The SMILES string of the molecule is COc1cc(C)c(S(=O)N2CCCCC2CCCC(=O)O)c(C)c1. The molecule has 134 valence electrons. The van der Waals surface area contributed by atoms with E-state index in [4.69, 9.17) is 9.84 Å². The highest BCUT2D eigenvalue weighted by Crippen LogP contribution is 2.30. The van der Waals surface area contributed by atoms with Gasteiger partial charge in [0.05, 0.1) is 12.0 Å². The van der Waals surface area contributed by atoms with E-state index >= 15 is 0 Å². The number of nitrogens with zero attached hydrogens (tertiary/aromatic N) is 1. The molecule has 0 radical (unpaired) electrons. The Hall–Kier alpha value is -1.40. The van der Waals surface area contributed by atoms with Crippen molar-refractivity contribution in [1.82, 2.24) is 4.31 Å². The summed E-state index contributed by atoms with van der Waals surface area (Å²) in [5.41, 5.74) is 1.94. The summed E-state index contributed by atoms with van der Waals surface area (Å²) in [6.45, 7) is 4.73. The molecule has 1 N–H and O–H groups in total. The zero-order valence-corrected chi connectivity index (χ0v) is 15.5. The molecule has 0 amide bonds. The molecule has 5 nitrogen and oxygen atoms in total. The second-order valence-electron chi connectivity index (χ2n) is 6.42. The van der Waals surface area contributed by atoms with Crippen LogP contribution in [0.25, 0.3) is 0 Å². The van der Waals surface area contributed by atoms with Gasteiger partial charge in [-0.05, 0) is 62.8 Å². The normalized spacial score (nSPS) is 19.9. The Morgan fingerprint density at radius 1 is 1.33 bits per heavy atom. The van der Waals surface area contributed by atoms with E-state index in [0.29, 0.717) is 6.42 Å². The number of carboxylic acid groups (broad SMARTS) is 1. The molecule has 1 saturated heterocycles. The van der Waals surface area contributed by atoms with Crippen molar-refractivity contribution in [2.75, 3.05) is 13.7 Å². The number of hydrogen-bond acceptors (Lipinski definition) is 3. The summed E-state index contributed by atoms with van der Waals surface area (Å²) >= 11 is 0. The van der Waals surface area contributed by atoms with Gasteiger partial charge in [0.15, 0.2) is 0 Å². The molecule has 1 aromatic carbocycles. The van der Waals surface area contributed by atoms with Crippen LogP contribution < -0.4 is 4.74 Å². The van der Waals surface area contributed by atoms with Crippen LogP contribution in [0, 0.1) is 13.8 Å². The highest BCUT2D eigenvalue weighted by Gasteiger charge is 2.29. The molecule has 1 fully saturated rings. The average Bonchev–Trinajstić information content (AvgIpc) is 2.54. The second-order valence-corrected chi connectivity index (χ2v) is 7.79. The van der Waals surface area contributed by atoms with Gasteiger partial charge in [0.2, 0.25) is 0 Å². The molecule has 0 aromatic heterocycles. The molecule has 1 heterocycles. The van der Waals surface area contributed by atoms with Crippen LogP contribution in [0.2, 0.25) is 0 Å². The summed E-state index contributed by atoms with van der Waals surface area (Å²) < 4.78 is 20.6. The Balaban J connectivity index is 2.18. The van der Waals surface area contributed by atoms with E-state index in [1.54, 1.807) is 7.11 Å². The molecular weight excluding hydrogens is 326 g/mol. The number of methoxy groups -OCH3 is 1. The third-order valence-corrected chi connectivity index (χ3v) is 6.46. The monoisotopic (exact) mass is 353 g/mol. The van der Waals surface area contributed by atoms with E-state index in [1.807, 2.05) is 26.0 Å². The number of aryl methyl sites for hydroxylation is 2. The highest BCUT2D eigenvalue weighted by molar-refractivity contribution is 7.82. The van der Waals surface area contributed by atoms with Crippen LogP contribution in [0.1, 0.15) is 49.7 Å². The predicted octanol–water partition coefficient (Wildman–Crippen LogP) is 3.44. The first-order valence-electron chi connectivity index (χ1n) is 8.49. The summed E-state index contributed by atoms with van der Waals surface area (Å²) in [6.07, 6.45) is 4.74. The maximum absolute atomic E-state index is 13.2. The van der Waals surface area contributed by atoms with Crippen molar-refractivity contribution < 1.29 is 18.8 Å². The lowest BCUT2D eigenvalue weighted by atomic mass is 10.00. The van der Waals surface area contributed by atoms with E-state index in [0.717, 1.165) is 54.0 Å². The minimum atomic E-state index is -1.22. The summed E-state index contributed by atoms with van der Waals surface area (Å²) in [5.74, 6) is 0.0164. The molecule has 1 aromatic rings. The number of carbonyl (C=O) groups is 1. The lowest BCUT2D eigenvalue weighted by Crippen LogP contribution is -2.41. The van der Waals surface area contributed by atoms with Crippen molar-refractivity contribution in [3.8, 4) is 5.75 Å². The smallest absolute Gasteiger partial charge is 0.303 e. The van der Waals surface area contributed by atoms with Crippen molar-refractivity contribution >= 4 is 17.0 Å². The minimum absolute atomic E-state index is 0.178. The molecule has 6 heteroatoms. The number of carboxylic acids is 1. The van der Waals surface area contributed by atoms with Gasteiger partial charge in [0.1, 0.15) is 16.7 Å². The van der Waals surface area contributed by atoms with Gasteiger partial charge < -0.3 is 9.84 Å². The summed E-state index contributed by atoms with van der Waals surface area (Å²) in [5, 5.41) is 8.83. The van der Waals surface area contributed by atoms with Gasteiger partial charge in [-0.2, -0.15) is 0 Å². The Kier molecular flexibility index (Phi) is 6.80. The molecule has 2 unspecified atom stereocenters. The maximum Gasteiger partial charge on any atom is 0.303 e. The molecule has 0 aliphatic carbocycles. The first-order valence-corrected chi connectivity index (χ1v) is 9.60. The van der Waals surface area contributed by atoms with E-state index in [9.17, 15) is 9.00 Å². The van der Waals surface area contributed by atoms with Crippen molar-refractivity contribution in [2.45, 2.75) is 63.3 Å². The molecule has 0 spiro atoms. The molecule has 0 bridgehead atoms. The van der Waals surface area contributed by atoms with Crippen LogP contribution in [-0.2, 0) is 15.8 Å². The van der Waals surface area contributed by atoms with Crippen molar-refractivity contribution in [3.63, 3.8) is 0 Å². The van der Waals surface area contributed by atoms with Crippen LogP contribution in [0.4, 0.5) is 0 Å². The van der Waals surface area contributed by atoms with Gasteiger partial charge in [-0.3, -0.25) is 4.79 Å². The molecule has 2 rings (SSSR count). The number of benzene rings is 1. The molecule has 24 heavy (non-hydrogen) atoms. The van der Waals surface area contributed by atoms with Gasteiger partial charge in [-0.25, -0.2) is 8.51 Å². The average molecular weight is 353 g/mol. The van der Waals surface area contributed by atoms with E-state index in [1.165, 1.54) is 0 Å². The minimum Gasteiger partial charge on any atom is -0.497 e. The number of aliphatic carboxylic acids is 1. The first kappa shape index (κ1) is 18.9. The van der Waals surface area contributed by atoms with Gasteiger partial charge in [-0.1, -0.05) is 6.42 Å². The van der Waals surface area contributed by atoms with E-state index < -0.39 is 17.0 Å². The molecular formula is C18H27NO4S. The fourth-order valence-corrected chi connectivity index (χ4v) is 5.07. The number of hydrogen-bond donors (Lipinski definition) is 1. The third-order valence-electron chi connectivity index (χ3n) is 4.56. The fraction of sp³-hybridized carbons (Fsp3) is 0.611. The van der Waals surface area contributed by atoms with Gasteiger partial charge in [0, 0.05) is 19.0 Å². The zero-order valence-electron chi connectivity index (χ0n) is 14.7. The predicted molar refractivity (Wildman–Crippen MR) is 94.7 cm³/mol. The number of piperidine rings is 1. The summed E-state index contributed by atoms with van der Waals surface area (Å²) in [7, 11) is 0.416. The van der Waals surface area contributed by atoms with E-state index in [-0.39, 0.29) is 12.5 Å². The topological polar surface area (TPSA) is 66.8 Å². The zero-order chi connectivity index (χ0) is 17.7. The molecule has 1 aliphatic rings. The lowest BCUT2D eigenvalue weighted by Gasteiger charge is -2.35. The highest BCUT2D eigenvalue weighted by atomic mass is 32.2. The number of ether oxygens (including phenoxy) is 1. The van der Waals surface area contributed by atoms with Crippen molar-refractivity contribution in [3.05, 3.63) is 23.3 Å². The van der Waals surface area contributed by atoms with Crippen LogP contribution in [0.5, 0.6) is 5.75 Å². The van der Waals surface area contributed by atoms with Gasteiger partial charge >= 0.3 is 5.97 Å². The van der Waals surface area contributed by atoms with Crippen molar-refractivity contribution in [2.24, 2.45) is 0 Å². The number of rotatable bonds is 7. The molecule has 0 saturated carbocycles. The standard InChI is InChI=1S/C18H27NO4S/c1-13-11-16(23-3)12-14(2)18(13)24(22)19-10-5-4-7-15(19)8-6-9-17(20)21/h11-12,15H,4-10H2,1-3H3,(H,20,21). The van der Waals surface area contributed by atoms with Gasteiger partial charge in [0.25, 0.3) is 0 Å². The summed E-state index contributed by atoms with van der Waals surface area (Å²) in [4.78, 5) is 11.6. The van der Waals surface area contributed by atoms with Crippen LogP contribution in [-0.4, -0.2) is 39.3 Å². The van der Waals surface area contributed by atoms with Crippen molar-refractivity contribution in [1.29, 1.82) is 0 Å². The Morgan fingerprint density at radius 2 is 2.00 bits per heavy atom. The van der Waals surface area contributed by atoms with Gasteiger partial charge in [-0.15, -0.1) is 0 Å². The van der Waals surface area contributed by atoms with Crippen LogP contribution in [0.3, 0.4) is 0 Å². The second kappa shape index (κ2) is 8.62. The molecule has 2 atom stereocenters. The Labute approximate surface area is 146 Å². The largest absolute Gasteiger partial charge is 0.497 e. The summed E-state index contributed by atoms with van der Waals surface area (Å²) in [6, 6.07) is 4.03. The third kappa shape index (κ3) is 4.57. The Morgan fingerprint density at radius 3 is 2.58 bits per heavy atom. The fourth-order valence-electron chi connectivity index (χ4n) is 3.39. The molecule has 1 aliphatic heterocycles. The van der Waals surface area contributed by atoms with Crippen LogP contribution >= 0.6 is 0 Å². The Bertz CT molecular complexity index is 594.